The highest BCUT2D eigenvalue weighted by Crippen LogP contribution is 2.40. The Hall–Kier alpha value is -2.86. The molecule has 0 saturated carbocycles. The van der Waals surface area contributed by atoms with Crippen LogP contribution in [0, 0.1) is 0 Å². The van der Waals surface area contributed by atoms with Crippen LogP contribution in [0.15, 0.2) is 96.0 Å². The van der Waals surface area contributed by atoms with E-state index in [1.54, 1.807) is 22.5 Å². The number of rotatable bonds is 4. The predicted octanol–water partition coefficient (Wildman–Crippen LogP) is 6.55. The average Bonchev–Trinajstić information content (AvgIpc) is 3.23. The van der Waals surface area contributed by atoms with Crippen LogP contribution in [0.5, 0.6) is 0 Å². The van der Waals surface area contributed by atoms with Gasteiger partial charge in [-0.25, -0.2) is 8.42 Å². The molecule has 0 aliphatic carbocycles. The third-order valence-corrected chi connectivity index (χ3v) is 8.30. The molecule has 0 unspecified atom stereocenters. The molecule has 0 fully saturated rings. The SMILES string of the molecule is CC(C)c1ccc(S(=O)(=O)N2Cc3ccccc3-n3cccc3[C@@H]2c2cccc(Cl)c2)cc1. The van der Waals surface area contributed by atoms with E-state index in [1.807, 2.05) is 72.9 Å². The maximum Gasteiger partial charge on any atom is 0.244 e. The van der Waals surface area contributed by atoms with Crippen molar-refractivity contribution >= 4 is 21.6 Å². The molecule has 4 aromatic rings. The van der Waals surface area contributed by atoms with Crippen molar-refractivity contribution in [1.29, 1.82) is 0 Å². The lowest BCUT2D eigenvalue weighted by atomic mass is 10.0. The molecule has 0 amide bonds. The van der Waals surface area contributed by atoms with Crippen LogP contribution in [0.4, 0.5) is 0 Å². The first-order valence-corrected chi connectivity index (χ1v) is 12.8. The van der Waals surface area contributed by atoms with Crippen LogP contribution < -0.4 is 0 Å². The van der Waals surface area contributed by atoms with Gasteiger partial charge >= 0.3 is 0 Å². The zero-order valence-electron chi connectivity index (χ0n) is 18.5. The van der Waals surface area contributed by atoms with Gasteiger partial charge in [0, 0.05) is 29.1 Å². The van der Waals surface area contributed by atoms with Gasteiger partial charge in [0.2, 0.25) is 10.0 Å². The fourth-order valence-corrected chi connectivity index (χ4v) is 6.29. The van der Waals surface area contributed by atoms with Gasteiger partial charge in [0.25, 0.3) is 0 Å². The lowest BCUT2D eigenvalue weighted by Gasteiger charge is -2.30. The third kappa shape index (κ3) is 3.90. The number of para-hydroxylation sites is 1. The quantitative estimate of drug-likeness (QED) is 0.335. The van der Waals surface area contributed by atoms with E-state index >= 15 is 0 Å². The van der Waals surface area contributed by atoms with Gasteiger partial charge in [0.15, 0.2) is 0 Å². The normalized spacial score (nSPS) is 16.3. The Kier molecular flexibility index (Phi) is 5.65. The molecule has 6 heteroatoms. The maximum atomic E-state index is 14.1. The first-order chi connectivity index (χ1) is 15.9. The standard InChI is InChI=1S/C27H25ClN2O2S/c1-19(2)20-12-14-24(15-13-20)33(31,32)30-18-22-7-3-4-10-25(22)29-16-6-11-26(29)27(30)21-8-5-9-23(28)17-21/h3-17,19,27H,18H2,1-2H3/t27-/m0/s1. The summed E-state index contributed by atoms with van der Waals surface area (Å²) >= 11 is 6.35. The van der Waals surface area contributed by atoms with E-state index in [1.165, 1.54) is 0 Å². The Labute approximate surface area is 200 Å². The molecule has 3 aromatic carbocycles. The number of halogens is 1. The lowest BCUT2D eigenvalue weighted by molar-refractivity contribution is 0.353. The molecule has 1 aliphatic rings. The molecule has 0 N–H and O–H groups in total. The van der Waals surface area contributed by atoms with Gasteiger partial charge in [0.1, 0.15) is 0 Å². The number of benzene rings is 3. The van der Waals surface area contributed by atoms with E-state index in [0.717, 1.165) is 28.1 Å². The summed E-state index contributed by atoms with van der Waals surface area (Å²) in [6.07, 6.45) is 1.99. The van der Waals surface area contributed by atoms with Crippen molar-refractivity contribution in [1.82, 2.24) is 8.87 Å². The van der Waals surface area contributed by atoms with Crippen molar-refractivity contribution in [2.24, 2.45) is 0 Å². The van der Waals surface area contributed by atoms with Gasteiger partial charge in [-0.05, 0) is 65.1 Å². The number of hydrogen-bond acceptors (Lipinski definition) is 2. The summed E-state index contributed by atoms with van der Waals surface area (Å²) in [4.78, 5) is 0.288. The zero-order chi connectivity index (χ0) is 23.2. The first kappa shape index (κ1) is 22.0. The van der Waals surface area contributed by atoms with E-state index in [9.17, 15) is 8.42 Å². The maximum absolute atomic E-state index is 14.1. The second-order valence-corrected chi connectivity index (χ2v) is 11.0. The lowest BCUT2D eigenvalue weighted by Crippen LogP contribution is -2.34. The third-order valence-electron chi connectivity index (χ3n) is 6.24. The summed E-state index contributed by atoms with van der Waals surface area (Å²) in [5.41, 5.74) is 4.75. The second kappa shape index (κ2) is 8.49. The molecule has 0 radical (unpaired) electrons. The summed E-state index contributed by atoms with van der Waals surface area (Å²) in [7, 11) is -3.82. The highest BCUT2D eigenvalue weighted by molar-refractivity contribution is 7.89. The molecule has 5 rings (SSSR count). The molecular formula is C27H25ClN2O2S. The molecule has 4 nitrogen and oxygen atoms in total. The van der Waals surface area contributed by atoms with Gasteiger partial charge in [0.05, 0.1) is 10.9 Å². The Morgan fingerprint density at radius 3 is 2.39 bits per heavy atom. The molecule has 0 bridgehead atoms. The molecule has 1 aromatic heterocycles. The molecule has 168 valence electrons. The van der Waals surface area contributed by atoms with E-state index in [4.69, 9.17) is 11.6 Å². The molecule has 33 heavy (non-hydrogen) atoms. The average molecular weight is 477 g/mol. The van der Waals surface area contributed by atoms with Crippen molar-refractivity contribution in [3.05, 3.63) is 119 Å². The van der Waals surface area contributed by atoms with Crippen molar-refractivity contribution in [3.63, 3.8) is 0 Å². The number of fused-ring (bicyclic) bond motifs is 3. The topological polar surface area (TPSA) is 42.3 Å². The monoisotopic (exact) mass is 476 g/mol. The Balaban J connectivity index is 1.73. The fourth-order valence-electron chi connectivity index (χ4n) is 4.52. The summed E-state index contributed by atoms with van der Waals surface area (Å²) in [6.45, 7) is 4.44. The highest BCUT2D eigenvalue weighted by atomic mass is 35.5. The predicted molar refractivity (Wildman–Crippen MR) is 132 cm³/mol. The molecular weight excluding hydrogens is 452 g/mol. The van der Waals surface area contributed by atoms with Gasteiger partial charge in [-0.1, -0.05) is 67.9 Å². The van der Waals surface area contributed by atoms with Crippen LogP contribution >= 0.6 is 11.6 Å². The smallest absolute Gasteiger partial charge is 0.244 e. The van der Waals surface area contributed by atoms with Gasteiger partial charge in [-0.15, -0.1) is 0 Å². The van der Waals surface area contributed by atoms with Crippen molar-refractivity contribution in [2.75, 3.05) is 0 Å². The molecule has 2 heterocycles. The number of hydrogen-bond donors (Lipinski definition) is 0. The summed E-state index contributed by atoms with van der Waals surface area (Å²) in [5.74, 6) is 0.328. The Morgan fingerprint density at radius 1 is 0.909 bits per heavy atom. The minimum atomic E-state index is -3.82. The highest BCUT2D eigenvalue weighted by Gasteiger charge is 2.38. The van der Waals surface area contributed by atoms with Gasteiger partial charge < -0.3 is 4.57 Å². The van der Waals surface area contributed by atoms with E-state index < -0.39 is 16.1 Å². The number of aromatic nitrogens is 1. The molecule has 0 spiro atoms. The minimum absolute atomic E-state index is 0.253. The van der Waals surface area contributed by atoms with Crippen LogP contribution in [0.2, 0.25) is 5.02 Å². The van der Waals surface area contributed by atoms with Crippen LogP contribution in [0.1, 0.15) is 48.2 Å². The largest absolute Gasteiger partial charge is 0.319 e. The summed E-state index contributed by atoms with van der Waals surface area (Å²) in [6, 6.07) is 26.1. The van der Waals surface area contributed by atoms with Crippen LogP contribution in [-0.2, 0) is 16.6 Å². The zero-order valence-corrected chi connectivity index (χ0v) is 20.1. The molecule has 1 aliphatic heterocycles. The fraction of sp³-hybridized carbons (Fsp3) is 0.185. The van der Waals surface area contributed by atoms with E-state index in [0.29, 0.717) is 10.9 Å². The van der Waals surface area contributed by atoms with Crippen LogP contribution in [0.3, 0.4) is 0 Å². The number of sulfonamides is 1. The van der Waals surface area contributed by atoms with Crippen molar-refractivity contribution in [2.45, 2.75) is 37.2 Å². The van der Waals surface area contributed by atoms with E-state index in [-0.39, 0.29) is 11.4 Å². The molecule has 0 saturated heterocycles. The van der Waals surface area contributed by atoms with Gasteiger partial charge in [-0.3, -0.25) is 0 Å². The minimum Gasteiger partial charge on any atom is -0.319 e. The number of nitrogens with zero attached hydrogens (tertiary/aromatic N) is 2. The second-order valence-electron chi connectivity index (χ2n) is 8.66. The van der Waals surface area contributed by atoms with Crippen molar-refractivity contribution in [3.8, 4) is 5.69 Å². The van der Waals surface area contributed by atoms with Crippen molar-refractivity contribution < 1.29 is 8.42 Å². The Bertz CT molecular complexity index is 1410. The summed E-state index contributed by atoms with van der Waals surface area (Å²) in [5, 5.41) is 0.575. The van der Waals surface area contributed by atoms with Gasteiger partial charge in [-0.2, -0.15) is 4.31 Å². The molecule has 1 atom stereocenters. The van der Waals surface area contributed by atoms with E-state index in [2.05, 4.69) is 18.4 Å². The first-order valence-electron chi connectivity index (χ1n) is 11.0. The van der Waals surface area contributed by atoms with Crippen LogP contribution in [-0.4, -0.2) is 17.3 Å². The summed E-state index contributed by atoms with van der Waals surface area (Å²) < 4.78 is 31.9. The Morgan fingerprint density at radius 2 is 1.67 bits per heavy atom. The van der Waals surface area contributed by atoms with Crippen LogP contribution in [0.25, 0.3) is 5.69 Å².